The Balaban J connectivity index is 2.18. The van der Waals surface area contributed by atoms with Gasteiger partial charge in [0.05, 0.1) is 12.9 Å². The molecule has 1 N–H and O–H groups in total. The number of benzene rings is 2. The lowest BCUT2D eigenvalue weighted by atomic mass is 10.1. The summed E-state index contributed by atoms with van der Waals surface area (Å²) in [6.07, 6.45) is 0. The van der Waals surface area contributed by atoms with Crippen LogP contribution in [0.3, 0.4) is 0 Å². The normalized spacial score (nSPS) is 12.2. The molecule has 0 aliphatic rings. The van der Waals surface area contributed by atoms with E-state index in [9.17, 15) is 9.59 Å². The summed E-state index contributed by atoms with van der Waals surface area (Å²) in [5.41, 5.74) is 0.517. The molecule has 2 aromatic carbocycles. The maximum Gasteiger partial charge on any atom is 0.242 e. The lowest BCUT2D eigenvalue weighted by Crippen LogP contribution is -2.52. The molecule has 0 saturated carbocycles. The van der Waals surface area contributed by atoms with Gasteiger partial charge in [-0.05, 0) is 69.7 Å². The number of carbonyl (C=O) groups is 2. The molecule has 2 amide bonds. The zero-order valence-corrected chi connectivity index (χ0v) is 19.6. The Bertz CT molecular complexity index is 865. The maximum atomic E-state index is 13.1. The number of amides is 2. The van der Waals surface area contributed by atoms with Gasteiger partial charge in [0.2, 0.25) is 11.8 Å². The first kappa shape index (κ1) is 24.1. The van der Waals surface area contributed by atoms with E-state index in [1.807, 2.05) is 57.2 Å². The van der Waals surface area contributed by atoms with Gasteiger partial charge < -0.3 is 15.0 Å². The highest BCUT2D eigenvalue weighted by molar-refractivity contribution is 8.00. The van der Waals surface area contributed by atoms with E-state index in [4.69, 9.17) is 16.3 Å². The molecule has 7 heteroatoms. The van der Waals surface area contributed by atoms with Crippen LogP contribution >= 0.6 is 23.4 Å². The first-order valence-corrected chi connectivity index (χ1v) is 11.1. The van der Waals surface area contributed by atoms with Crippen LogP contribution in [0.2, 0.25) is 5.02 Å². The molecule has 0 aliphatic heterocycles. The fourth-order valence-corrected chi connectivity index (χ4v) is 3.69. The number of methoxy groups -OCH3 is 1. The van der Waals surface area contributed by atoms with Crippen molar-refractivity contribution in [3.05, 3.63) is 59.1 Å². The highest BCUT2D eigenvalue weighted by atomic mass is 35.5. The maximum absolute atomic E-state index is 13.1. The fraction of sp³-hybridized carbons (Fsp3) is 0.391. The van der Waals surface area contributed by atoms with E-state index in [0.29, 0.717) is 17.3 Å². The Morgan fingerprint density at radius 2 is 1.83 bits per heavy atom. The molecule has 0 spiro atoms. The van der Waals surface area contributed by atoms with Crippen molar-refractivity contribution in [2.24, 2.45) is 0 Å². The molecule has 2 aromatic rings. The molecule has 0 saturated heterocycles. The number of thioether (sulfide) groups is 1. The second-order valence-corrected chi connectivity index (χ2v) is 9.52. The summed E-state index contributed by atoms with van der Waals surface area (Å²) >= 11 is 7.35. The van der Waals surface area contributed by atoms with E-state index in [0.717, 1.165) is 10.5 Å². The molecular formula is C23H29ClN2O3S. The molecule has 30 heavy (non-hydrogen) atoms. The van der Waals surface area contributed by atoms with Crippen molar-refractivity contribution in [2.75, 3.05) is 12.9 Å². The minimum atomic E-state index is -0.617. The van der Waals surface area contributed by atoms with Crippen LogP contribution in [0.25, 0.3) is 0 Å². The van der Waals surface area contributed by atoms with Crippen LogP contribution in [-0.4, -0.2) is 41.2 Å². The first-order valence-electron chi connectivity index (χ1n) is 9.72. The molecular weight excluding hydrogens is 420 g/mol. The van der Waals surface area contributed by atoms with Crippen molar-refractivity contribution in [3.63, 3.8) is 0 Å². The van der Waals surface area contributed by atoms with Gasteiger partial charge in [0, 0.05) is 22.0 Å². The summed E-state index contributed by atoms with van der Waals surface area (Å²) in [5, 5.41) is 3.61. The summed E-state index contributed by atoms with van der Waals surface area (Å²) in [6.45, 7) is 7.83. The Morgan fingerprint density at radius 1 is 1.17 bits per heavy atom. The second-order valence-electron chi connectivity index (χ2n) is 8.03. The van der Waals surface area contributed by atoms with Gasteiger partial charge in [-0.1, -0.05) is 23.7 Å². The standard InChI is InChI=1S/C23H29ClN2O3S/c1-16(22(28)25-23(2,3)4)26(14-17-7-6-8-19(13-17)29-5)21(27)15-30-20-11-9-18(24)10-12-20/h6-13,16H,14-15H2,1-5H3,(H,25,28)/t16-/m0/s1. The molecule has 1 atom stereocenters. The quantitative estimate of drug-likeness (QED) is 0.591. The molecule has 0 radical (unpaired) electrons. The molecule has 0 aromatic heterocycles. The number of halogens is 1. The van der Waals surface area contributed by atoms with Crippen LogP contribution in [0.5, 0.6) is 5.75 Å². The van der Waals surface area contributed by atoms with Gasteiger partial charge in [-0.15, -0.1) is 11.8 Å². The van der Waals surface area contributed by atoms with Crippen LogP contribution in [0, 0.1) is 0 Å². The van der Waals surface area contributed by atoms with Gasteiger partial charge in [0.15, 0.2) is 0 Å². The van der Waals surface area contributed by atoms with E-state index < -0.39 is 6.04 Å². The molecule has 5 nitrogen and oxygen atoms in total. The van der Waals surface area contributed by atoms with E-state index in [1.54, 1.807) is 31.1 Å². The van der Waals surface area contributed by atoms with Gasteiger partial charge in [0.25, 0.3) is 0 Å². The van der Waals surface area contributed by atoms with Crippen LogP contribution in [-0.2, 0) is 16.1 Å². The average Bonchev–Trinajstić information content (AvgIpc) is 2.69. The Hall–Kier alpha value is -2.18. The van der Waals surface area contributed by atoms with Gasteiger partial charge in [-0.3, -0.25) is 9.59 Å². The highest BCUT2D eigenvalue weighted by Gasteiger charge is 2.28. The van der Waals surface area contributed by atoms with E-state index >= 15 is 0 Å². The fourth-order valence-electron chi connectivity index (χ4n) is 2.78. The molecule has 0 bridgehead atoms. The van der Waals surface area contributed by atoms with Crippen molar-refractivity contribution in [3.8, 4) is 5.75 Å². The van der Waals surface area contributed by atoms with Crippen molar-refractivity contribution in [1.82, 2.24) is 10.2 Å². The average molecular weight is 449 g/mol. The summed E-state index contributed by atoms with van der Waals surface area (Å²) in [5.74, 6) is 0.630. The molecule has 0 aliphatic carbocycles. The molecule has 0 unspecified atom stereocenters. The first-order chi connectivity index (χ1) is 14.1. The van der Waals surface area contributed by atoms with Gasteiger partial charge >= 0.3 is 0 Å². The predicted molar refractivity (Wildman–Crippen MR) is 123 cm³/mol. The molecule has 0 heterocycles. The summed E-state index contributed by atoms with van der Waals surface area (Å²) < 4.78 is 5.29. The number of nitrogens with zero attached hydrogens (tertiary/aromatic N) is 1. The number of hydrogen-bond donors (Lipinski definition) is 1. The number of hydrogen-bond acceptors (Lipinski definition) is 4. The van der Waals surface area contributed by atoms with Crippen molar-refractivity contribution in [1.29, 1.82) is 0 Å². The third-order valence-corrected chi connectivity index (χ3v) is 5.58. The van der Waals surface area contributed by atoms with E-state index in [1.165, 1.54) is 11.8 Å². The van der Waals surface area contributed by atoms with Crippen LogP contribution in [0.4, 0.5) is 0 Å². The Morgan fingerprint density at radius 3 is 2.43 bits per heavy atom. The third kappa shape index (κ3) is 7.58. The monoisotopic (exact) mass is 448 g/mol. The zero-order chi connectivity index (χ0) is 22.3. The minimum Gasteiger partial charge on any atom is -0.497 e. The molecule has 2 rings (SSSR count). The van der Waals surface area contributed by atoms with Crippen molar-refractivity contribution < 1.29 is 14.3 Å². The Kier molecular flexibility index (Phi) is 8.62. The highest BCUT2D eigenvalue weighted by Crippen LogP contribution is 2.22. The third-order valence-electron chi connectivity index (χ3n) is 4.33. The SMILES string of the molecule is COc1cccc(CN(C(=O)CSc2ccc(Cl)cc2)[C@@H](C)C(=O)NC(C)(C)C)c1. The summed E-state index contributed by atoms with van der Waals surface area (Å²) in [4.78, 5) is 28.5. The molecule has 0 fully saturated rings. The van der Waals surface area contributed by atoms with Crippen LogP contribution in [0.1, 0.15) is 33.3 Å². The topological polar surface area (TPSA) is 58.6 Å². The number of nitrogens with one attached hydrogen (secondary N) is 1. The number of ether oxygens (including phenoxy) is 1. The largest absolute Gasteiger partial charge is 0.497 e. The van der Waals surface area contributed by atoms with Crippen LogP contribution < -0.4 is 10.1 Å². The minimum absolute atomic E-state index is 0.116. The van der Waals surface area contributed by atoms with Crippen LogP contribution in [0.15, 0.2) is 53.4 Å². The summed E-state index contributed by atoms with van der Waals surface area (Å²) in [6, 6.07) is 14.2. The number of carbonyl (C=O) groups excluding carboxylic acids is 2. The van der Waals surface area contributed by atoms with Gasteiger partial charge in [0.1, 0.15) is 11.8 Å². The second kappa shape index (κ2) is 10.7. The molecule has 162 valence electrons. The van der Waals surface area contributed by atoms with Gasteiger partial charge in [-0.25, -0.2) is 0 Å². The smallest absolute Gasteiger partial charge is 0.242 e. The Labute approximate surface area is 188 Å². The number of rotatable bonds is 8. The van der Waals surface area contributed by atoms with Crippen molar-refractivity contribution >= 4 is 35.2 Å². The zero-order valence-electron chi connectivity index (χ0n) is 18.1. The van der Waals surface area contributed by atoms with E-state index in [-0.39, 0.29) is 23.1 Å². The van der Waals surface area contributed by atoms with Gasteiger partial charge in [-0.2, -0.15) is 0 Å². The summed E-state index contributed by atoms with van der Waals surface area (Å²) in [7, 11) is 1.60. The van der Waals surface area contributed by atoms with E-state index in [2.05, 4.69) is 5.32 Å². The predicted octanol–water partition coefficient (Wildman–Crippen LogP) is 4.77. The van der Waals surface area contributed by atoms with Crippen molar-refractivity contribution in [2.45, 2.75) is 50.7 Å². The lowest BCUT2D eigenvalue weighted by Gasteiger charge is -2.31. The lowest BCUT2D eigenvalue weighted by molar-refractivity contribution is -0.139.